The molecule has 1 atom stereocenters. The summed E-state index contributed by atoms with van der Waals surface area (Å²) in [7, 11) is 1.86. The Morgan fingerprint density at radius 1 is 1.22 bits per heavy atom. The molecule has 2 aliphatic rings. The van der Waals surface area contributed by atoms with Gasteiger partial charge in [0.25, 0.3) is 0 Å². The molecule has 1 aromatic rings. The van der Waals surface area contributed by atoms with Gasteiger partial charge in [0.05, 0.1) is 5.92 Å². The molecule has 2 aliphatic heterocycles. The van der Waals surface area contributed by atoms with Crippen LogP contribution in [-0.2, 0) is 11.3 Å². The van der Waals surface area contributed by atoms with E-state index in [9.17, 15) is 9.59 Å². The number of likely N-dealkylation sites (tertiary alicyclic amines) is 2. The minimum atomic E-state index is -0.0565. The topological polar surface area (TPSA) is 43.9 Å². The molecule has 0 aliphatic carbocycles. The van der Waals surface area contributed by atoms with Crippen molar-refractivity contribution in [2.75, 3.05) is 33.2 Å². The molecule has 0 spiro atoms. The number of hydrogen-bond acceptors (Lipinski definition) is 3. The van der Waals surface area contributed by atoms with Crippen molar-refractivity contribution in [3.8, 4) is 0 Å². The molecular weight excluding hydrogens is 310 g/mol. The molecule has 6 heteroatoms. The lowest BCUT2D eigenvalue weighted by atomic mass is 9.96. The van der Waals surface area contributed by atoms with Crippen molar-refractivity contribution in [2.24, 2.45) is 5.92 Å². The van der Waals surface area contributed by atoms with Crippen molar-refractivity contribution in [3.05, 3.63) is 22.4 Å². The highest BCUT2D eigenvalue weighted by Gasteiger charge is 2.32. The van der Waals surface area contributed by atoms with Gasteiger partial charge < -0.3 is 14.7 Å². The zero-order chi connectivity index (χ0) is 16.2. The van der Waals surface area contributed by atoms with Gasteiger partial charge in [-0.25, -0.2) is 4.79 Å². The van der Waals surface area contributed by atoms with Crippen molar-refractivity contribution in [3.63, 3.8) is 0 Å². The highest BCUT2D eigenvalue weighted by molar-refractivity contribution is 7.07. The lowest BCUT2D eigenvalue weighted by Crippen LogP contribution is -2.49. The van der Waals surface area contributed by atoms with E-state index in [1.165, 1.54) is 5.56 Å². The molecule has 0 bridgehead atoms. The molecule has 0 aromatic carbocycles. The summed E-state index contributed by atoms with van der Waals surface area (Å²) in [4.78, 5) is 30.8. The maximum atomic E-state index is 12.7. The van der Waals surface area contributed by atoms with Gasteiger partial charge in [-0.15, -0.1) is 0 Å². The molecule has 1 aromatic heterocycles. The van der Waals surface area contributed by atoms with Gasteiger partial charge in [-0.3, -0.25) is 4.79 Å². The van der Waals surface area contributed by atoms with Crippen molar-refractivity contribution >= 4 is 23.3 Å². The molecule has 3 rings (SSSR count). The monoisotopic (exact) mass is 335 g/mol. The molecular formula is C17H25N3O2S. The first-order valence-electron chi connectivity index (χ1n) is 8.45. The van der Waals surface area contributed by atoms with Crippen LogP contribution in [0.2, 0.25) is 0 Å². The van der Waals surface area contributed by atoms with E-state index in [0.717, 1.165) is 45.3 Å². The van der Waals surface area contributed by atoms with Gasteiger partial charge in [-0.2, -0.15) is 11.3 Å². The minimum absolute atomic E-state index is 0.0565. The smallest absolute Gasteiger partial charge is 0.320 e. The summed E-state index contributed by atoms with van der Waals surface area (Å²) in [6, 6.07) is 2.18. The maximum absolute atomic E-state index is 12.7. The van der Waals surface area contributed by atoms with Gasteiger partial charge >= 0.3 is 6.03 Å². The van der Waals surface area contributed by atoms with E-state index in [1.54, 1.807) is 16.2 Å². The Hall–Kier alpha value is -1.56. The summed E-state index contributed by atoms with van der Waals surface area (Å²) in [5.74, 6) is 0.106. The normalized spacial score (nSPS) is 21.5. The summed E-state index contributed by atoms with van der Waals surface area (Å²) < 4.78 is 0. The third-order valence-electron chi connectivity index (χ3n) is 4.79. The molecule has 0 N–H and O–H groups in total. The van der Waals surface area contributed by atoms with Gasteiger partial charge in [-0.05, 0) is 48.1 Å². The number of carbonyl (C=O) groups is 2. The number of nitrogens with zero attached hydrogens (tertiary/aromatic N) is 3. The van der Waals surface area contributed by atoms with Gasteiger partial charge in [0.2, 0.25) is 5.91 Å². The molecule has 126 valence electrons. The van der Waals surface area contributed by atoms with Crippen LogP contribution >= 0.6 is 11.3 Å². The quantitative estimate of drug-likeness (QED) is 0.852. The summed E-state index contributed by atoms with van der Waals surface area (Å²) in [5, 5.41) is 4.11. The van der Waals surface area contributed by atoms with Crippen LogP contribution < -0.4 is 0 Å². The number of carbonyl (C=O) groups excluding carboxylic acids is 2. The SMILES string of the molecule is CN(Cc1ccsc1)C(=O)[C@H]1CCCN(C(=O)N2CCCC2)C1. The zero-order valence-corrected chi connectivity index (χ0v) is 14.6. The summed E-state index contributed by atoms with van der Waals surface area (Å²) >= 11 is 1.65. The third kappa shape index (κ3) is 3.86. The molecule has 5 nitrogen and oxygen atoms in total. The standard InChI is InChI=1S/C17H25N3O2S/c1-18(11-14-6-10-23-13-14)16(21)15-5-4-9-20(12-15)17(22)19-7-2-3-8-19/h6,10,13,15H,2-5,7-9,11-12H2,1H3/t15-/m0/s1. The van der Waals surface area contributed by atoms with Crippen LogP contribution in [0.5, 0.6) is 0 Å². The number of piperidine rings is 1. The van der Waals surface area contributed by atoms with Crippen LogP contribution in [-0.4, -0.2) is 59.9 Å². The minimum Gasteiger partial charge on any atom is -0.341 e. The highest BCUT2D eigenvalue weighted by atomic mass is 32.1. The first kappa shape index (κ1) is 16.3. The fourth-order valence-electron chi connectivity index (χ4n) is 3.51. The van der Waals surface area contributed by atoms with E-state index in [4.69, 9.17) is 0 Å². The third-order valence-corrected chi connectivity index (χ3v) is 5.53. The Bertz CT molecular complexity index is 540. The van der Waals surface area contributed by atoms with E-state index in [-0.39, 0.29) is 17.9 Å². The summed E-state index contributed by atoms with van der Waals surface area (Å²) in [6.45, 7) is 3.74. The number of thiophene rings is 1. The van der Waals surface area contributed by atoms with Gasteiger partial charge in [0.15, 0.2) is 0 Å². The first-order valence-corrected chi connectivity index (χ1v) is 9.39. The largest absolute Gasteiger partial charge is 0.341 e. The second kappa shape index (κ2) is 7.34. The zero-order valence-electron chi connectivity index (χ0n) is 13.7. The highest BCUT2D eigenvalue weighted by Crippen LogP contribution is 2.22. The Labute approximate surface area is 141 Å². The van der Waals surface area contributed by atoms with Crippen LogP contribution in [0.3, 0.4) is 0 Å². The Morgan fingerprint density at radius 3 is 2.65 bits per heavy atom. The van der Waals surface area contributed by atoms with Gasteiger partial charge in [0.1, 0.15) is 0 Å². The number of rotatable bonds is 3. The first-order chi connectivity index (χ1) is 11.1. The molecule has 3 amide bonds. The fourth-order valence-corrected chi connectivity index (χ4v) is 4.17. The van der Waals surface area contributed by atoms with Crippen molar-refractivity contribution in [2.45, 2.75) is 32.2 Å². The second-order valence-corrected chi connectivity index (χ2v) is 7.37. The average molecular weight is 335 g/mol. The molecule has 0 unspecified atom stereocenters. The average Bonchev–Trinajstić information content (AvgIpc) is 3.27. The molecule has 0 radical (unpaired) electrons. The van der Waals surface area contributed by atoms with Crippen LogP contribution in [0.15, 0.2) is 16.8 Å². The molecule has 2 fully saturated rings. The van der Waals surface area contributed by atoms with Crippen LogP contribution in [0.4, 0.5) is 4.79 Å². The maximum Gasteiger partial charge on any atom is 0.320 e. The van der Waals surface area contributed by atoms with E-state index in [1.807, 2.05) is 22.2 Å². The van der Waals surface area contributed by atoms with Crippen LogP contribution in [0.25, 0.3) is 0 Å². The number of hydrogen-bond donors (Lipinski definition) is 0. The van der Waals surface area contributed by atoms with E-state index < -0.39 is 0 Å². The molecule has 0 saturated carbocycles. The second-order valence-electron chi connectivity index (χ2n) is 6.59. The van der Waals surface area contributed by atoms with Crippen LogP contribution in [0.1, 0.15) is 31.2 Å². The fraction of sp³-hybridized carbons (Fsp3) is 0.647. The Balaban J connectivity index is 1.56. The lowest BCUT2D eigenvalue weighted by molar-refractivity contribution is -0.136. The summed E-state index contributed by atoms with van der Waals surface area (Å²) in [6.07, 6.45) is 4.01. The van der Waals surface area contributed by atoms with E-state index in [2.05, 4.69) is 11.4 Å². The predicted molar refractivity (Wildman–Crippen MR) is 91.3 cm³/mol. The molecule has 3 heterocycles. The lowest BCUT2D eigenvalue weighted by Gasteiger charge is -2.36. The summed E-state index contributed by atoms with van der Waals surface area (Å²) in [5.41, 5.74) is 1.17. The van der Waals surface area contributed by atoms with Crippen LogP contribution in [0, 0.1) is 5.92 Å². The van der Waals surface area contributed by atoms with Gasteiger partial charge in [-0.1, -0.05) is 0 Å². The number of urea groups is 1. The Kier molecular flexibility index (Phi) is 5.20. The van der Waals surface area contributed by atoms with Crippen molar-refractivity contribution in [1.29, 1.82) is 0 Å². The van der Waals surface area contributed by atoms with Crippen molar-refractivity contribution in [1.82, 2.24) is 14.7 Å². The van der Waals surface area contributed by atoms with E-state index >= 15 is 0 Å². The molecule has 23 heavy (non-hydrogen) atoms. The number of amides is 3. The van der Waals surface area contributed by atoms with E-state index in [0.29, 0.717) is 13.1 Å². The molecule has 2 saturated heterocycles. The van der Waals surface area contributed by atoms with Gasteiger partial charge in [0, 0.05) is 39.8 Å². The Morgan fingerprint density at radius 2 is 1.96 bits per heavy atom. The van der Waals surface area contributed by atoms with Crippen molar-refractivity contribution < 1.29 is 9.59 Å². The predicted octanol–water partition coefficient (Wildman–Crippen LogP) is 2.63.